The van der Waals surface area contributed by atoms with Crippen LogP contribution in [0.4, 0.5) is 5.69 Å². The van der Waals surface area contributed by atoms with Crippen molar-refractivity contribution >= 4 is 29.3 Å². The number of rotatable bonds is 3. The topological polar surface area (TPSA) is 29.1 Å². The molecule has 0 fully saturated rings. The van der Waals surface area contributed by atoms with Crippen LogP contribution in [0.1, 0.15) is 5.56 Å². The summed E-state index contributed by atoms with van der Waals surface area (Å²) in [4.78, 5) is 11.0. The van der Waals surface area contributed by atoms with Crippen molar-refractivity contribution in [2.45, 2.75) is 0 Å². The number of alkyl halides is 1. The summed E-state index contributed by atoms with van der Waals surface area (Å²) < 4.78 is 0. The molecule has 2 nitrogen and oxygen atoms in total. The number of amides is 1. The van der Waals surface area contributed by atoms with Gasteiger partial charge in [0.15, 0.2) is 0 Å². The Labute approximate surface area is 82.2 Å². The fourth-order valence-electron chi connectivity index (χ4n) is 0.972. The third kappa shape index (κ3) is 2.60. The first-order valence-electron chi connectivity index (χ1n) is 3.85. The van der Waals surface area contributed by atoms with Gasteiger partial charge in [0.25, 0.3) is 0 Å². The van der Waals surface area contributed by atoms with Crippen molar-refractivity contribution in [3.8, 4) is 0 Å². The van der Waals surface area contributed by atoms with Crippen LogP contribution >= 0.6 is 11.6 Å². The Morgan fingerprint density at radius 1 is 1.54 bits per heavy atom. The van der Waals surface area contributed by atoms with Crippen molar-refractivity contribution < 1.29 is 4.79 Å². The summed E-state index contributed by atoms with van der Waals surface area (Å²) in [6.07, 6.45) is 1.68. The molecule has 0 aliphatic rings. The number of hydrogen-bond donors (Lipinski definition) is 1. The van der Waals surface area contributed by atoms with E-state index in [0.29, 0.717) is 0 Å². The summed E-state index contributed by atoms with van der Waals surface area (Å²) in [6, 6.07) is 7.41. The average molecular weight is 196 g/mol. The van der Waals surface area contributed by atoms with Crippen LogP contribution in [0, 0.1) is 0 Å². The maximum absolute atomic E-state index is 11.0. The maximum atomic E-state index is 11.0. The second-order valence-corrected chi connectivity index (χ2v) is 2.74. The number of carbonyl (C=O) groups is 1. The monoisotopic (exact) mass is 195 g/mol. The van der Waals surface area contributed by atoms with Crippen LogP contribution < -0.4 is 5.32 Å². The van der Waals surface area contributed by atoms with Gasteiger partial charge in [-0.25, -0.2) is 0 Å². The van der Waals surface area contributed by atoms with Crippen LogP contribution in [0.3, 0.4) is 0 Å². The van der Waals surface area contributed by atoms with Crippen molar-refractivity contribution in [2.24, 2.45) is 0 Å². The van der Waals surface area contributed by atoms with Gasteiger partial charge in [0.1, 0.15) is 5.88 Å². The largest absolute Gasteiger partial charge is 0.324 e. The molecule has 0 unspecified atom stereocenters. The lowest BCUT2D eigenvalue weighted by Gasteiger charge is -2.05. The molecular weight excluding hydrogens is 186 g/mol. The van der Waals surface area contributed by atoms with Crippen LogP contribution in [0.15, 0.2) is 30.8 Å². The molecule has 1 rings (SSSR count). The fourth-order valence-corrected chi connectivity index (χ4v) is 1.04. The highest BCUT2D eigenvalue weighted by molar-refractivity contribution is 6.29. The van der Waals surface area contributed by atoms with Gasteiger partial charge in [-0.2, -0.15) is 0 Å². The number of hydrogen-bond acceptors (Lipinski definition) is 1. The predicted molar refractivity (Wildman–Crippen MR) is 55.9 cm³/mol. The molecule has 0 heterocycles. The highest BCUT2D eigenvalue weighted by atomic mass is 35.5. The molecule has 0 saturated carbocycles. The Hall–Kier alpha value is -1.28. The lowest BCUT2D eigenvalue weighted by atomic mass is 10.2. The second kappa shape index (κ2) is 4.67. The van der Waals surface area contributed by atoms with Crippen molar-refractivity contribution in [1.82, 2.24) is 0 Å². The summed E-state index contributed by atoms with van der Waals surface area (Å²) >= 11 is 5.36. The van der Waals surface area contributed by atoms with E-state index in [2.05, 4.69) is 11.9 Å². The van der Waals surface area contributed by atoms with Crippen molar-refractivity contribution in [1.29, 1.82) is 0 Å². The van der Waals surface area contributed by atoms with Crippen LogP contribution in [0.25, 0.3) is 6.08 Å². The summed E-state index contributed by atoms with van der Waals surface area (Å²) in [5, 5.41) is 2.67. The molecule has 1 amide bonds. The summed E-state index contributed by atoms with van der Waals surface area (Å²) in [7, 11) is 0. The zero-order valence-corrected chi connectivity index (χ0v) is 7.84. The zero-order valence-electron chi connectivity index (χ0n) is 7.09. The minimum absolute atomic E-state index is 0.0362. The van der Waals surface area contributed by atoms with Crippen LogP contribution in [-0.2, 0) is 4.79 Å². The van der Waals surface area contributed by atoms with Gasteiger partial charge in [-0.05, 0) is 11.6 Å². The third-order valence-corrected chi connectivity index (χ3v) is 1.82. The van der Waals surface area contributed by atoms with Crippen LogP contribution in [-0.4, -0.2) is 11.8 Å². The van der Waals surface area contributed by atoms with Crippen molar-refractivity contribution in [2.75, 3.05) is 11.2 Å². The van der Waals surface area contributed by atoms with E-state index in [1.807, 2.05) is 24.3 Å². The van der Waals surface area contributed by atoms with E-state index < -0.39 is 0 Å². The molecule has 0 bridgehead atoms. The van der Waals surface area contributed by atoms with E-state index in [0.717, 1.165) is 11.3 Å². The van der Waals surface area contributed by atoms with E-state index in [9.17, 15) is 4.79 Å². The standard InChI is InChI=1S/C10H10ClNO/c1-2-8-5-3-4-6-9(8)12-10(13)7-11/h2-6H,1,7H2,(H,12,13). The van der Waals surface area contributed by atoms with Gasteiger partial charge in [0, 0.05) is 5.69 Å². The number of anilines is 1. The zero-order chi connectivity index (χ0) is 9.68. The Morgan fingerprint density at radius 3 is 2.85 bits per heavy atom. The summed E-state index contributed by atoms with van der Waals surface area (Å²) in [5.74, 6) is -0.248. The summed E-state index contributed by atoms with van der Waals surface area (Å²) in [6.45, 7) is 3.64. The van der Waals surface area contributed by atoms with Gasteiger partial charge in [-0.15, -0.1) is 11.6 Å². The molecule has 0 spiro atoms. The Kier molecular flexibility index (Phi) is 3.53. The van der Waals surface area contributed by atoms with E-state index in [4.69, 9.17) is 11.6 Å². The van der Waals surface area contributed by atoms with Gasteiger partial charge in [0.2, 0.25) is 5.91 Å². The molecule has 0 saturated heterocycles. The molecule has 3 heteroatoms. The van der Waals surface area contributed by atoms with Gasteiger partial charge < -0.3 is 5.32 Å². The number of para-hydroxylation sites is 1. The molecule has 0 aromatic heterocycles. The Bertz CT molecular complexity index is 322. The van der Waals surface area contributed by atoms with Crippen molar-refractivity contribution in [3.05, 3.63) is 36.4 Å². The quantitative estimate of drug-likeness (QED) is 0.738. The van der Waals surface area contributed by atoms with Crippen LogP contribution in [0.5, 0.6) is 0 Å². The van der Waals surface area contributed by atoms with E-state index in [1.165, 1.54) is 0 Å². The maximum Gasteiger partial charge on any atom is 0.239 e. The average Bonchev–Trinajstić information content (AvgIpc) is 2.18. The molecule has 0 aliphatic heterocycles. The lowest BCUT2D eigenvalue weighted by Crippen LogP contribution is -2.13. The van der Waals surface area contributed by atoms with Gasteiger partial charge >= 0.3 is 0 Å². The predicted octanol–water partition coefficient (Wildman–Crippen LogP) is 2.51. The number of benzene rings is 1. The van der Waals surface area contributed by atoms with E-state index in [1.54, 1.807) is 6.08 Å². The number of carbonyl (C=O) groups excluding carboxylic acids is 1. The Morgan fingerprint density at radius 2 is 2.23 bits per heavy atom. The molecule has 0 atom stereocenters. The highest BCUT2D eigenvalue weighted by Crippen LogP contribution is 2.15. The Balaban J connectivity index is 2.87. The molecule has 1 N–H and O–H groups in total. The smallest absolute Gasteiger partial charge is 0.239 e. The molecule has 0 radical (unpaired) electrons. The first-order valence-corrected chi connectivity index (χ1v) is 4.38. The first-order chi connectivity index (χ1) is 6.27. The van der Waals surface area contributed by atoms with E-state index >= 15 is 0 Å². The highest BCUT2D eigenvalue weighted by Gasteiger charge is 2.01. The number of halogens is 1. The molecule has 0 aliphatic carbocycles. The molecule has 1 aromatic rings. The van der Waals surface area contributed by atoms with Gasteiger partial charge in [0.05, 0.1) is 0 Å². The fraction of sp³-hybridized carbons (Fsp3) is 0.100. The second-order valence-electron chi connectivity index (χ2n) is 2.47. The SMILES string of the molecule is C=Cc1ccccc1NC(=O)CCl. The summed E-state index contributed by atoms with van der Waals surface area (Å²) in [5.41, 5.74) is 1.63. The molecule has 1 aromatic carbocycles. The minimum atomic E-state index is -0.212. The molecular formula is C10H10ClNO. The van der Waals surface area contributed by atoms with E-state index in [-0.39, 0.29) is 11.8 Å². The first kappa shape index (κ1) is 9.81. The number of nitrogens with one attached hydrogen (secondary N) is 1. The molecule has 13 heavy (non-hydrogen) atoms. The van der Waals surface area contributed by atoms with Crippen LogP contribution in [0.2, 0.25) is 0 Å². The van der Waals surface area contributed by atoms with Gasteiger partial charge in [-0.1, -0.05) is 30.9 Å². The lowest BCUT2D eigenvalue weighted by molar-refractivity contribution is -0.113. The van der Waals surface area contributed by atoms with Gasteiger partial charge in [-0.3, -0.25) is 4.79 Å². The van der Waals surface area contributed by atoms with Crippen molar-refractivity contribution in [3.63, 3.8) is 0 Å². The molecule has 68 valence electrons. The third-order valence-electron chi connectivity index (χ3n) is 1.58. The normalized spacial score (nSPS) is 9.31. The minimum Gasteiger partial charge on any atom is -0.324 e.